The quantitative estimate of drug-likeness (QED) is 0.724. The van der Waals surface area contributed by atoms with E-state index in [2.05, 4.69) is 15.8 Å². The van der Waals surface area contributed by atoms with Gasteiger partial charge >= 0.3 is 0 Å². The van der Waals surface area contributed by atoms with E-state index >= 15 is 0 Å². The number of hydrogen-bond donors (Lipinski definition) is 2. The SMILES string of the molecule is CC(C)CNC(=O)[C@@H](Cc1ccccc1)NC(=O)[C@@H]1CC(c2ccccc2)=NO1. The van der Waals surface area contributed by atoms with Crippen molar-refractivity contribution in [3.8, 4) is 0 Å². The normalized spacial score (nSPS) is 16.7. The molecule has 3 rings (SSSR count). The van der Waals surface area contributed by atoms with Crippen LogP contribution in [-0.4, -0.2) is 36.2 Å². The number of rotatable bonds is 8. The monoisotopic (exact) mass is 393 g/mol. The molecule has 29 heavy (non-hydrogen) atoms. The molecule has 0 aromatic heterocycles. The molecule has 1 aliphatic heterocycles. The fraction of sp³-hybridized carbons (Fsp3) is 0.348. The number of hydrogen-bond acceptors (Lipinski definition) is 4. The van der Waals surface area contributed by atoms with Gasteiger partial charge in [-0.05, 0) is 17.0 Å². The zero-order valence-electron chi connectivity index (χ0n) is 16.8. The van der Waals surface area contributed by atoms with Crippen LogP contribution >= 0.6 is 0 Å². The summed E-state index contributed by atoms with van der Waals surface area (Å²) in [5.41, 5.74) is 2.64. The van der Waals surface area contributed by atoms with Crippen molar-refractivity contribution in [1.29, 1.82) is 0 Å². The third-order valence-corrected chi connectivity index (χ3v) is 4.67. The number of amides is 2. The van der Waals surface area contributed by atoms with E-state index in [-0.39, 0.29) is 11.8 Å². The molecular weight excluding hydrogens is 366 g/mol. The predicted octanol–water partition coefficient (Wildman–Crippen LogP) is 2.68. The zero-order valence-corrected chi connectivity index (χ0v) is 16.8. The van der Waals surface area contributed by atoms with E-state index in [0.29, 0.717) is 25.3 Å². The molecule has 6 nitrogen and oxygen atoms in total. The summed E-state index contributed by atoms with van der Waals surface area (Å²) in [6.45, 7) is 4.61. The van der Waals surface area contributed by atoms with Gasteiger partial charge in [-0.2, -0.15) is 0 Å². The van der Waals surface area contributed by atoms with Gasteiger partial charge in [0.15, 0.2) is 0 Å². The molecule has 2 atom stereocenters. The minimum absolute atomic E-state index is 0.196. The van der Waals surface area contributed by atoms with Crippen molar-refractivity contribution in [3.63, 3.8) is 0 Å². The Labute approximate surface area is 171 Å². The Kier molecular flexibility index (Phi) is 7.00. The highest BCUT2D eigenvalue weighted by Gasteiger charge is 2.32. The summed E-state index contributed by atoms with van der Waals surface area (Å²) in [5.74, 6) is -0.203. The molecular formula is C23H27N3O3. The first-order chi connectivity index (χ1) is 14.0. The molecule has 2 aromatic rings. The molecule has 0 bridgehead atoms. The van der Waals surface area contributed by atoms with E-state index in [1.165, 1.54) is 0 Å². The van der Waals surface area contributed by atoms with Crippen molar-refractivity contribution in [1.82, 2.24) is 10.6 Å². The fourth-order valence-corrected chi connectivity index (χ4v) is 3.07. The third kappa shape index (κ3) is 5.91. The minimum atomic E-state index is -0.735. The van der Waals surface area contributed by atoms with Crippen LogP contribution in [0.15, 0.2) is 65.8 Å². The smallest absolute Gasteiger partial charge is 0.265 e. The fourth-order valence-electron chi connectivity index (χ4n) is 3.07. The number of oxime groups is 1. The molecule has 0 aliphatic carbocycles. The Morgan fingerprint density at radius 1 is 1.07 bits per heavy atom. The van der Waals surface area contributed by atoms with Gasteiger partial charge < -0.3 is 15.5 Å². The van der Waals surface area contributed by atoms with Crippen molar-refractivity contribution < 1.29 is 14.4 Å². The summed E-state index contributed by atoms with van der Waals surface area (Å²) in [4.78, 5) is 30.8. The molecule has 152 valence electrons. The van der Waals surface area contributed by atoms with Crippen molar-refractivity contribution in [3.05, 3.63) is 71.8 Å². The molecule has 1 aliphatic rings. The zero-order chi connectivity index (χ0) is 20.6. The molecule has 2 aromatic carbocycles. The summed E-state index contributed by atoms with van der Waals surface area (Å²) in [6, 6.07) is 18.6. The standard InChI is InChI=1S/C23H27N3O3/c1-16(2)15-24-22(27)20(13-17-9-5-3-6-10-17)25-23(28)21-14-19(26-29-21)18-11-7-4-8-12-18/h3-12,16,20-21H,13-15H2,1-2H3,(H,24,27)(H,25,28)/t20-,21+/m1/s1. The average molecular weight is 393 g/mol. The summed E-state index contributed by atoms with van der Waals surface area (Å²) >= 11 is 0. The number of carbonyl (C=O) groups is 2. The van der Waals surface area contributed by atoms with E-state index in [1.54, 1.807) is 0 Å². The highest BCUT2D eigenvalue weighted by molar-refractivity contribution is 6.04. The molecule has 0 radical (unpaired) electrons. The van der Waals surface area contributed by atoms with Gasteiger partial charge in [-0.3, -0.25) is 9.59 Å². The van der Waals surface area contributed by atoms with Gasteiger partial charge in [0.2, 0.25) is 12.0 Å². The van der Waals surface area contributed by atoms with Crippen LogP contribution in [0.2, 0.25) is 0 Å². The Morgan fingerprint density at radius 2 is 1.72 bits per heavy atom. The van der Waals surface area contributed by atoms with E-state index in [9.17, 15) is 9.59 Å². The van der Waals surface area contributed by atoms with Crippen molar-refractivity contribution >= 4 is 17.5 Å². The van der Waals surface area contributed by atoms with Gasteiger partial charge in [0, 0.05) is 19.4 Å². The average Bonchev–Trinajstić information content (AvgIpc) is 3.23. The van der Waals surface area contributed by atoms with Crippen LogP contribution < -0.4 is 10.6 Å². The van der Waals surface area contributed by atoms with Crippen molar-refractivity contribution in [2.45, 2.75) is 38.8 Å². The minimum Gasteiger partial charge on any atom is -0.382 e. The first kappa shape index (κ1) is 20.6. The lowest BCUT2D eigenvalue weighted by molar-refractivity contribution is -0.135. The van der Waals surface area contributed by atoms with Crippen LogP contribution in [0.25, 0.3) is 0 Å². The van der Waals surface area contributed by atoms with E-state index in [1.807, 2.05) is 74.5 Å². The van der Waals surface area contributed by atoms with Crippen LogP contribution in [0.1, 0.15) is 31.4 Å². The second kappa shape index (κ2) is 9.87. The first-order valence-corrected chi connectivity index (χ1v) is 9.93. The van der Waals surface area contributed by atoms with Gasteiger partial charge in [0.25, 0.3) is 5.91 Å². The van der Waals surface area contributed by atoms with Crippen LogP contribution in [0.5, 0.6) is 0 Å². The Balaban J connectivity index is 1.63. The Bertz CT molecular complexity index is 850. The second-order valence-corrected chi connectivity index (χ2v) is 7.59. The topological polar surface area (TPSA) is 79.8 Å². The van der Waals surface area contributed by atoms with Gasteiger partial charge in [-0.1, -0.05) is 79.7 Å². The maximum Gasteiger partial charge on any atom is 0.265 e. The van der Waals surface area contributed by atoms with Crippen molar-refractivity contribution in [2.24, 2.45) is 11.1 Å². The van der Waals surface area contributed by atoms with Crippen molar-refractivity contribution in [2.75, 3.05) is 6.54 Å². The molecule has 0 saturated carbocycles. The molecule has 2 amide bonds. The lowest BCUT2D eigenvalue weighted by Gasteiger charge is -2.20. The molecule has 0 saturated heterocycles. The third-order valence-electron chi connectivity index (χ3n) is 4.67. The maximum absolute atomic E-state index is 12.8. The van der Waals surface area contributed by atoms with Crippen LogP contribution in [-0.2, 0) is 20.8 Å². The molecule has 1 heterocycles. The van der Waals surface area contributed by atoms with Crippen LogP contribution in [0.3, 0.4) is 0 Å². The van der Waals surface area contributed by atoms with Gasteiger partial charge in [0.1, 0.15) is 6.04 Å². The molecule has 0 spiro atoms. The summed E-state index contributed by atoms with van der Waals surface area (Å²) < 4.78 is 0. The molecule has 0 unspecified atom stereocenters. The van der Waals surface area contributed by atoms with Crippen LogP contribution in [0, 0.1) is 5.92 Å². The van der Waals surface area contributed by atoms with E-state index in [0.717, 1.165) is 16.8 Å². The number of nitrogens with zero attached hydrogens (tertiary/aromatic N) is 1. The van der Waals surface area contributed by atoms with Gasteiger partial charge in [0.05, 0.1) is 5.71 Å². The van der Waals surface area contributed by atoms with Crippen LogP contribution in [0.4, 0.5) is 0 Å². The van der Waals surface area contributed by atoms with E-state index < -0.39 is 12.1 Å². The molecule has 2 N–H and O–H groups in total. The highest BCUT2D eigenvalue weighted by atomic mass is 16.6. The lowest BCUT2D eigenvalue weighted by atomic mass is 10.0. The molecule has 0 fully saturated rings. The number of carbonyl (C=O) groups excluding carboxylic acids is 2. The molecule has 6 heteroatoms. The van der Waals surface area contributed by atoms with E-state index in [4.69, 9.17) is 4.84 Å². The lowest BCUT2D eigenvalue weighted by Crippen LogP contribution is -2.51. The predicted molar refractivity (Wildman–Crippen MR) is 112 cm³/mol. The maximum atomic E-state index is 12.8. The summed E-state index contributed by atoms with van der Waals surface area (Å²) in [6.07, 6.45) is 0.0540. The summed E-state index contributed by atoms with van der Waals surface area (Å²) in [7, 11) is 0. The first-order valence-electron chi connectivity index (χ1n) is 9.93. The van der Waals surface area contributed by atoms with Gasteiger partial charge in [-0.25, -0.2) is 0 Å². The Morgan fingerprint density at radius 3 is 2.38 bits per heavy atom. The number of nitrogens with one attached hydrogen (secondary N) is 2. The Hall–Kier alpha value is -3.15. The number of benzene rings is 2. The second-order valence-electron chi connectivity index (χ2n) is 7.59. The highest BCUT2D eigenvalue weighted by Crippen LogP contribution is 2.17. The summed E-state index contributed by atoms with van der Waals surface area (Å²) in [5, 5.41) is 9.82. The largest absolute Gasteiger partial charge is 0.382 e. The van der Waals surface area contributed by atoms with Gasteiger partial charge in [-0.15, -0.1) is 0 Å².